The first-order valence-electron chi connectivity index (χ1n) is 9.87. The van der Waals surface area contributed by atoms with Crippen LogP contribution in [-0.4, -0.2) is 60.4 Å². The van der Waals surface area contributed by atoms with Crippen molar-refractivity contribution < 1.29 is 14.3 Å². The van der Waals surface area contributed by atoms with Crippen LogP contribution in [0.5, 0.6) is 5.75 Å². The fraction of sp³-hybridized carbons (Fsp3) is 0.619. The molecule has 148 valence electrons. The van der Waals surface area contributed by atoms with E-state index in [-0.39, 0.29) is 35.8 Å². The maximum absolute atomic E-state index is 12.9. The molecule has 0 radical (unpaired) electrons. The van der Waals surface area contributed by atoms with Crippen molar-refractivity contribution in [3.63, 3.8) is 0 Å². The molecule has 27 heavy (non-hydrogen) atoms. The molecule has 0 spiro atoms. The number of rotatable bonds is 4. The van der Waals surface area contributed by atoms with Crippen molar-refractivity contribution in [2.75, 3.05) is 32.8 Å². The van der Waals surface area contributed by atoms with Gasteiger partial charge in [-0.05, 0) is 36.8 Å². The van der Waals surface area contributed by atoms with Gasteiger partial charge >= 0.3 is 0 Å². The van der Waals surface area contributed by atoms with Crippen molar-refractivity contribution in [3.05, 3.63) is 30.3 Å². The van der Waals surface area contributed by atoms with Crippen LogP contribution in [-0.2, 0) is 9.59 Å². The van der Waals surface area contributed by atoms with Gasteiger partial charge in [-0.2, -0.15) is 0 Å². The second-order valence-electron chi connectivity index (χ2n) is 8.40. The van der Waals surface area contributed by atoms with Crippen LogP contribution in [0.4, 0.5) is 0 Å². The second-order valence-corrected chi connectivity index (χ2v) is 8.40. The molecule has 2 amide bonds. The van der Waals surface area contributed by atoms with Crippen LogP contribution >= 0.6 is 0 Å². The number of carbonyl (C=O) groups excluding carboxylic acids is 2. The summed E-state index contributed by atoms with van der Waals surface area (Å²) in [6.45, 7) is 7.00. The first kappa shape index (κ1) is 19.7. The first-order chi connectivity index (χ1) is 12.9. The topological polar surface area (TPSA) is 75.9 Å². The van der Waals surface area contributed by atoms with Crippen LogP contribution in [0.2, 0.25) is 0 Å². The smallest absolute Gasteiger partial charge is 0.260 e. The average molecular weight is 373 g/mol. The summed E-state index contributed by atoms with van der Waals surface area (Å²) in [5.74, 6) is 0.911. The van der Waals surface area contributed by atoms with Gasteiger partial charge in [0.05, 0.1) is 0 Å². The molecule has 2 fully saturated rings. The van der Waals surface area contributed by atoms with Gasteiger partial charge in [-0.1, -0.05) is 32.0 Å². The van der Waals surface area contributed by atoms with Gasteiger partial charge in [0.1, 0.15) is 5.75 Å². The van der Waals surface area contributed by atoms with E-state index < -0.39 is 0 Å². The standard InChI is InChI=1S/C21H31N3O3/c1-21(2)15-24(13-10-18(21)22)20(26)16-8-11-23(12-9-16)19(25)14-27-17-6-4-3-5-7-17/h3-7,16,18H,8-15,22H2,1-2H3. The Balaban J connectivity index is 1.45. The highest BCUT2D eigenvalue weighted by Gasteiger charge is 2.38. The Bertz CT molecular complexity index is 654. The van der Waals surface area contributed by atoms with Gasteiger partial charge in [0.2, 0.25) is 5.91 Å². The minimum atomic E-state index is -0.0423. The molecule has 2 heterocycles. The van der Waals surface area contributed by atoms with Crippen LogP contribution < -0.4 is 10.5 Å². The van der Waals surface area contributed by atoms with Crippen molar-refractivity contribution in [1.29, 1.82) is 0 Å². The zero-order valence-electron chi connectivity index (χ0n) is 16.4. The van der Waals surface area contributed by atoms with Gasteiger partial charge in [0, 0.05) is 38.1 Å². The molecule has 0 aromatic heterocycles. The van der Waals surface area contributed by atoms with E-state index in [1.165, 1.54) is 0 Å². The highest BCUT2D eigenvalue weighted by atomic mass is 16.5. The van der Waals surface area contributed by atoms with E-state index >= 15 is 0 Å². The highest BCUT2D eigenvalue weighted by Crippen LogP contribution is 2.30. The normalized spacial score (nSPS) is 23.1. The van der Waals surface area contributed by atoms with E-state index in [1.807, 2.05) is 40.1 Å². The molecular weight excluding hydrogens is 342 g/mol. The van der Waals surface area contributed by atoms with Gasteiger partial charge in [-0.25, -0.2) is 0 Å². The number of nitrogens with zero attached hydrogens (tertiary/aromatic N) is 2. The fourth-order valence-corrected chi connectivity index (χ4v) is 3.95. The number of piperidine rings is 2. The largest absolute Gasteiger partial charge is 0.484 e. The Kier molecular flexibility index (Phi) is 6.05. The molecule has 2 N–H and O–H groups in total. The number of hydrogen-bond donors (Lipinski definition) is 1. The summed E-state index contributed by atoms with van der Waals surface area (Å²) >= 11 is 0. The van der Waals surface area contributed by atoms with Crippen LogP contribution in [0, 0.1) is 11.3 Å². The molecule has 3 rings (SSSR count). The van der Waals surface area contributed by atoms with E-state index in [1.54, 1.807) is 0 Å². The van der Waals surface area contributed by atoms with E-state index in [0.717, 1.165) is 32.4 Å². The Morgan fingerprint density at radius 2 is 1.70 bits per heavy atom. The molecule has 1 aromatic carbocycles. The van der Waals surface area contributed by atoms with Gasteiger partial charge in [-0.3, -0.25) is 9.59 Å². The van der Waals surface area contributed by atoms with Crippen LogP contribution in [0.1, 0.15) is 33.1 Å². The third-order valence-electron chi connectivity index (χ3n) is 5.93. The number of carbonyl (C=O) groups is 2. The van der Waals surface area contributed by atoms with Gasteiger partial charge < -0.3 is 20.3 Å². The van der Waals surface area contributed by atoms with Crippen molar-refractivity contribution >= 4 is 11.8 Å². The van der Waals surface area contributed by atoms with Crippen molar-refractivity contribution in [2.24, 2.45) is 17.1 Å². The maximum Gasteiger partial charge on any atom is 0.260 e. The summed E-state index contributed by atoms with van der Waals surface area (Å²) in [5.41, 5.74) is 6.14. The lowest BCUT2D eigenvalue weighted by atomic mass is 9.79. The van der Waals surface area contributed by atoms with Gasteiger partial charge in [0.25, 0.3) is 5.91 Å². The lowest BCUT2D eigenvalue weighted by Gasteiger charge is -2.44. The third-order valence-corrected chi connectivity index (χ3v) is 5.93. The number of hydrogen-bond acceptors (Lipinski definition) is 4. The number of para-hydroxylation sites is 1. The number of ether oxygens (including phenoxy) is 1. The quantitative estimate of drug-likeness (QED) is 0.874. The summed E-state index contributed by atoms with van der Waals surface area (Å²) in [7, 11) is 0. The summed E-state index contributed by atoms with van der Waals surface area (Å²) in [6.07, 6.45) is 2.30. The molecule has 1 unspecified atom stereocenters. The number of amides is 2. The number of nitrogens with two attached hydrogens (primary N) is 1. The van der Waals surface area contributed by atoms with Gasteiger partial charge in [-0.15, -0.1) is 0 Å². The molecule has 6 nitrogen and oxygen atoms in total. The Hall–Kier alpha value is -2.08. The molecule has 2 aliphatic heterocycles. The molecule has 2 aliphatic rings. The monoisotopic (exact) mass is 373 g/mol. The summed E-state index contributed by atoms with van der Waals surface area (Å²) in [5, 5.41) is 0. The average Bonchev–Trinajstić information content (AvgIpc) is 2.68. The minimum absolute atomic E-state index is 0.00853. The number of benzene rings is 1. The highest BCUT2D eigenvalue weighted by molar-refractivity contribution is 5.81. The Morgan fingerprint density at radius 3 is 2.33 bits per heavy atom. The fourth-order valence-electron chi connectivity index (χ4n) is 3.95. The summed E-state index contributed by atoms with van der Waals surface area (Å²) < 4.78 is 5.55. The molecule has 0 aliphatic carbocycles. The molecule has 6 heteroatoms. The van der Waals surface area contributed by atoms with Crippen LogP contribution in [0.25, 0.3) is 0 Å². The predicted molar refractivity (Wildman–Crippen MR) is 104 cm³/mol. The molecule has 1 atom stereocenters. The van der Waals surface area contributed by atoms with Crippen molar-refractivity contribution in [1.82, 2.24) is 9.80 Å². The van der Waals surface area contributed by atoms with E-state index in [0.29, 0.717) is 18.8 Å². The summed E-state index contributed by atoms with van der Waals surface area (Å²) in [4.78, 5) is 29.0. The molecule has 0 saturated carbocycles. The Labute approximate surface area is 161 Å². The lowest BCUT2D eigenvalue weighted by molar-refractivity contribution is -0.143. The molecule has 0 bridgehead atoms. The van der Waals surface area contributed by atoms with Crippen LogP contribution in [0.3, 0.4) is 0 Å². The van der Waals surface area contributed by atoms with Crippen LogP contribution in [0.15, 0.2) is 30.3 Å². The Morgan fingerprint density at radius 1 is 1.07 bits per heavy atom. The number of likely N-dealkylation sites (tertiary alicyclic amines) is 2. The lowest BCUT2D eigenvalue weighted by Crippen LogP contribution is -2.55. The zero-order chi connectivity index (χ0) is 19.4. The third kappa shape index (κ3) is 4.80. The molecule has 2 saturated heterocycles. The first-order valence-corrected chi connectivity index (χ1v) is 9.87. The van der Waals surface area contributed by atoms with Crippen molar-refractivity contribution in [2.45, 2.75) is 39.2 Å². The van der Waals surface area contributed by atoms with E-state index in [2.05, 4.69) is 13.8 Å². The molecule has 1 aromatic rings. The second kappa shape index (κ2) is 8.30. The maximum atomic E-state index is 12.9. The van der Waals surface area contributed by atoms with E-state index in [4.69, 9.17) is 10.5 Å². The predicted octanol–water partition coefficient (Wildman–Crippen LogP) is 1.89. The van der Waals surface area contributed by atoms with Gasteiger partial charge in [0.15, 0.2) is 6.61 Å². The van der Waals surface area contributed by atoms with Crippen molar-refractivity contribution in [3.8, 4) is 5.75 Å². The van der Waals surface area contributed by atoms with E-state index in [9.17, 15) is 9.59 Å². The molecular formula is C21H31N3O3. The summed E-state index contributed by atoms with van der Waals surface area (Å²) in [6, 6.07) is 9.49. The minimum Gasteiger partial charge on any atom is -0.484 e. The zero-order valence-corrected chi connectivity index (χ0v) is 16.4. The SMILES string of the molecule is CC1(C)CN(C(=O)C2CCN(C(=O)COc3ccccc3)CC2)CCC1N.